The number of carbonyl (C=O) groups excluding carboxylic acids is 1. The Morgan fingerprint density at radius 2 is 2.29 bits per heavy atom. The van der Waals surface area contributed by atoms with Crippen LogP contribution in [-0.2, 0) is 11.2 Å². The van der Waals surface area contributed by atoms with E-state index in [1.54, 1.807) is 0 Å². The molecule has 3 heterocycles. The Balaban J connectivity index is 1.62. The summed E-state index contributed by atoms with van der Waals surface area (Å²) in [4.78, 5) is 32.3. The second kappa shape index (κ2) is 6.98. The predicted octanol–water partition coefficient (Wildman–Crippen LogP) is 1.71. The number of likely N-dealkylation sites (tertiary alicyclic amines) is 1. The first-order valence-corrected chi connectivity index (χ1v) is 8.29. The molecule has 0 radical (unpaired) electrons. The highest BCUT2D eigenvalue weighted by atomic mass is 16.5. The zero-order valence-electron chi connectivity index (χ0n) is 14.0. The molecule has 0 aliphatic carbocycles. The van der Waals surface area contributed by atoms with Crippen molar-refractivity contribution in [1.29, 1.82) is 0 Å². The SMILES string of the molecule is Cc1noc(C)c1CCC(=O)N1CCC[C@H](c2ccnc(=O)[nH]2)C1. The lowest BCUT2D eigenvalue weighted by Gasteiger charge is -2.32. The van der Waals surface area contributed by atoms with Crippen LogP contribution in [0.4, 0.5) is 0 Å². The number of hydrogen-bond acceptors (Lipinski definition) is 5. The van der Waals surface area contributed by atoms with Crippen LogP contribution in [0, 0.1) is 13.8 Å². The average Bonchev–Trinajstić information content (AvgIpc) is 2.91. The number of nitrogens with one attached hydrogen (secondary N) is 1. The van der Waals surface area contributed by atoms with Crippen molar-refractivity contribution in [3.8, 4) is 0 Å². The monoisotopic (exact) mass is 330 g/mol. The topological polar surface area (TPSA) is 92.1 Å². The summed E-state index contributed by atoms with van der Waals surface area (Å²) >= 11 is 0. The number of H-pyrrole nitrogens is 1. The Labute approximate surface area is 140 Å². The quantitative estimate of drug-likeness (QED) is 0.921. The Morgan fingerprint density at radius 1 is 1.46 bits per heavy atom. The molecule has 0 aromatic carbocycles. The van der Waals surface area contributed by atoms with Crippen LogP contribution in [0.3, 0.4) is 0 Å². The van der Waals surface area contributed by atoms with E-state index in [0.717, 1.165) is 42.1 Å². The minimum Gasteiger partial charge on any atom is -0.361 e. The number of piperidine rings is 1. The Morgan fingerprint density at radius 3 is 3.00 bits per heavy atom. The molecule has 1 amide bonds. The first kappa shape index (κ1) is 16.4. The molecule has 1 fully saturated rings. The molecule has 0 saturated carbocycles. The van der Waals surface area contributed by atoms with Crippen LogP contribution in [-0.4, -0.2) is 39.0 Å². The summed E-state index contributed by atoms with van der Waals surface area (Å²) in [6, 6.07) is 1.82. The molecule has 2 aromatic heterocycles. The predicted molar refractivity (Wildman–Crippen MR) is 87.7 cm³/mol. The van der Waals surface area contributed by atoms with Crippen LogP contribution in [0.15, 0.2) is 21.6 Å². The van der Waals surface area contributed by atoms with Gasteiger partial charge in [0, 0.05) is 42.9 Å². The molecule has 2 aromatic rings. The van der Waals surface area contributed by atoms with Crippen molar-refractivity contribution in [2.24, 2.45) is 0 Å². The van der Waals surface area contributed by atoms with Gasteiger partial charge in [-0.3, -0.25) is 4.79 Å². The summed E-state index contributed by atoms with van der Waals surface area (Å²) in [6.45, 7) is 5.18. The van der Waals surface area contributed by atoms with Crippen LogP contribution in [0.2, 0.25) is 0 Å². The summed E-state index contributed by atoms with van der Waals surface area (Å²) < 4.78 is 5.14. The summed E-state index contributed by atoms with van der Waals surface area (Å²) in [5.41, 5.74) is 2.40. The van der Waals surface area contributed by atoms with Crippen molar-refractivity contribution < 1.29 is 9.32 Å². The first-order valence-electron chi connectivity index (χ1n) is 8.29. The van der Waals surface area contributed by atoms with Crippen LogP contribution >= 0.6 is 0 Å². The summed E-state index contributed by atoms with van der Waals surface area (Å²) in [7, 11) is 0. The minimum absolute atomic E-state index is 0.135. The second-order valence-electron chi connectivity index (χ2n) is 6.31. The van der Waals surface area contributed by atoms with E-state index >= 15 is 0 Å². The van der Waals surface area contributed by atoms with Crippen molar-refractivity contribution in [3.05, 3.63) is 45.5 Å². The van der Waals surface area contributed by atoms with Gasteiger partial charge in [0.15, 0.2) is 0 Å². The summed E-state index contributed by atoms with van der Waals surface area (Å²) in [6.07, 6.45) is 4.52. The number of amides is 1. The number of aromatic nitrogens is 3. The van der Waals surface area contributed by atoms with Gasteiger partial charge < -0.3 is 14.4 Å². The van der Waals surface area contributed by atoms with Gasteiger partial charge in [0.1, 0.15) is 5.76 Å². The molecule has 1 saturated heterocycles. The number of carbonyl (C=O) groups is 1. The molecule has 128 valence electrons. The van der Waals surface area contributed by atoms with Crippen LogP contribution < -0.4 is 5.69 Å². The maximum absolute atomic E-state index is 12.6. The maximum Gasteiger partial charge on any atom is 0.345 e. The fourth-order valence-corrected chi connectivity index (χ4v) is 3.33. The average molecular weight is 330 g/mol. The molecule has 3 rings (SSSR count). The third-order valence-corrected chi connectivity index (χ3v) is 4.68. The van der Waals surface area contributed by atoms with Gasteiger partial charge in [0.05, 0.1) is 5.69 Å². The van der Waals surface area contributed by atoms with E-state index in [9.17, 15) is 9.59 Å². The lowest BCUT2D eigenvalue weighted by Crippen LogP contribution is -2.39. The van der Waals surface area contributed by atoms with E-state index in [2.05, 4.69) is 15.1 Å². The molecule has 7 nitrogen and oxygen atoms in total. The third-order valence-electron chi connectivity index (χ3n) is 4.68. The van der Waals surface area contributed by atoms with E-state index in [1.807, 2.05) is 24.8 Å². The van der Waals surface area contributed by atoms with Crippen LogP contribution in [0.5, 0.6) is 0 Å². The summed E-state index contributed by atoms with van der Waals surface area (Å²) in [5.74, 6) is 1.08. The standard InChI is InChI=1S/C17H22N4O3/c1-11-14(12(2)24-20-11)5-6-16(22)21-9-3-4-13(10-21)15-7-8-18-17(23)19-15/h7-8,13H,3-6,9-10H2,1-2H3,(H,18,19,23)/t13-/m0/s1. The number of nitrogens with zero attached hydrogens (tertiary/aromatic N) is 3. The zero-order chi connectivity index (χ0) is 17.1. The van der Waals surface area contributed by atoms with Crippen LogP contribution in [0.1, 0.15) is 47.9 Å². The molecule has 1 aliphatic heterocycles. The smallest absolute Gasteiger partial charge is 0.345 e. The number of rotatable bonds is 4. The largest absolute Gasteiger partial charge is 0.361 e. The van der Waals surface area contributed by atoms with Crippen molar-refractivity contribution in [3.63, 3.8) is 0 Å². The molecular weight excluding hydrogens is 308 g/mol. The maximum atomic E-state index is 12.6. The lowest BCUT2D eigenvalue weighted by atomic mass is 9.94. The fourth-order valence-electron chi connectivity index (χ4n) is 3.33. The minimum atomic E-state index is -0.339. The van der Waals surface area contributed by atoms with E-state index in [1.165, 1.54) is 6.20 Å². The first-order chi connectivity index (χ1) is 11.5. The Bertz CT molecular complexity index is 761. The third kappa shape index (κ3) is 3.55. The number of aromatic amines is 1. The van der Waals surface area contributed by atoms with Crippen molar-refractivity contribution in [2.75, 3.05) is 13.1 Å². The van der Waals surface area contributed by atoms with Gasteiger partial charge in [0.2, 0.25) is 5.91 Å². The molecule has 24 heavy (non-hydrogen) atoms. The van der Waals surface area contributed by atoms with Crippen molar-refractivity contribution in [2.45, 2.75) is 45.4 Å². The van der Waals surface area contributed by atoms with Gasteiger partial charge in [-0.25, -0.2) is 9.78 Å². The highest BCUT2D eigenvalue weighted by Crippen LogP contribution is 2.25. The van der Waals surface area contributed by atoms with Crippen molar-refractivity contribution in [1.82, 2.24) is 20.0 Å². The van der Waals surface area contributed by atoms with Gasteiger partial charge in [-0.15, -0.1) is 0 Å². The highest BCUT2D eigenvalue weighted by molar-refractivity contribution is 5.76. The molecule has 1 N–H and O–H groups in total. The van der Waals surface area contributed by atoms with Gasteiger partial charge in [-0.1, -0.05) is 5.16 Å². The van der Waals surface area contributed by atoms with Gasteiger partial charge in [0.25, 0.3) is 0 Å². The normalized spacial score (nSPS) is 17.9. The molecule has 0 unspecified atom stereocenters. The highest BCUT2D eigenvalue weighted by Gasteiger charge is 2.25. The van der Waals surface area contributed by atoms with E-state index < -0.39 is 0 Å². The van der Waals surface area contributed by atoms with E-state index in [4.69, 9.17) is 4.52 Å². The van der Waals surface area contributed by atoms with E-state index in [0.29, 0.717) is 19.4 Å². The molecule has 1 atom stereocenters. The number of hydrogen-bond donors (Lipinski definition) is 1. The Kier molecular flexibility index (Phi) is 4.78. The fraction of sp³-hybridized carbons (Fsp3) is 0.529. The van der Waals surface area contributed by atoms with Crippen molar-refractivity contribution >= 4 is 5.91 Å². The van der Waals surface area contributed by atoms with E-state index in [-0.39, 0.29) is 17.5 Å². The van der Waals surface area contributed by atoms with Gasteiger partial charge >= 0.3 is 5.69 Å². The molecule has 1 aliphatic rings. The Hall–Kier alpha value is -2.44. The zero-order valence-corrected chi connectivity index (χ0v) is 14.0. The lowest BCUT2D eigenvalue weighted by molar-refractivity contribution is -0.132. The summed E-state index contributed by atoms with van der Waals surface area (Å²) in [5, 5.41) is 3.93. The van der Waals surface area contributed by atoms with Gasteiger partial charge in [-0.2, -0.15) is 0 Å². The van der Waals surface area contributed by atoms with Crippen LogP contribution in [0.25, 0.3) is 0 Å². The second-order valence-corrected chi connectivity index (χ2v) is 6.31. The number of aryl methyl sites for hydroxylation is 2. The van der Waals surface area contributed by atoms with Gasteiger partial charge in [-0.05, 0) is 39.2 Å². The molecule has 0 spiro atoms. The molecular formula is C17H22N4O3. The molecule has 7 heteroatoms. The molecule has 0 bridgehead atoms.